The van der Waals surface area contributed by atoms with E-state index in [4.69, 9.17) is 0 Å². The molecule has 1 aromatic heterocycles. The standard InChI is InChI=1S/C12H17BrN2S2/c1-3-12(2)4-5-16-11(15-12)14-7-10-6-9(13)8-17-10/h6,8H,3-5,7H2,1-2H3,(H,14,15). The van der Waals surface area contributed by atoms with E-state index >= 15 is 0 Å². The lowest BCUT2D eigenvalue weighted by Gasteiger charge is -2.35. The Kier molecular flexibility index (Phi) is 4.55. The van der Waals surface area contributed by atoms with Crippen molar-refractivity contribution in [1.29, 1.82) is 0 Å². The van der Waals surface area contributed by atoms with Gasteiger partial charge in [0, 0.05) is 26.0 Å². The zero-order valence-corrected chi connectivity index (χ0v) is 13.3. The van der Waals surface area contributed by atoms with Gasteiger partial charge >= 0.3 is 0 Å². The molecule has 0 aromatic carbocycles. The molecule has 0 amide bonds. The fourth-order valence-corrected chi connectivity index (χ4v) is 4.26. The van der Waals surface area contributed by atoms with Crippen molar-refractivity contribution in [1.82, 2.24) is 5.32 Å². The highest BCUT2D eigenvalue weighted by Crippen LogP contribution is 2.26. The second kappa shape index (κ2) is 5.76. The van der Waals surface area contributed by atoms with E-state index in [1.165, 1.54) is 17.1 Å². The average Bonchev–Trinajstić information content (AvgIpc) is 2.73. The lowest BCUT2D eigenvalue weighted by molar-refractivity contribution is 0.390. The Morgan fingerprint density at radius 1 is 1.59 bits per heavy atom. The molecular weight excluding hydrogens is 316 g/mol. The van der Waals surface area contributed by atoms with E-state index in [2.05, 4.69) is 51.5 Å². The van der Waals surface area contributed by atoms with Crippen molar-refractivity contribution < 1.29 is 0 Å². The number of halogens is 1. The van der Waals surface area contributed by atoms with Crippen LogP contribution < -0.4 is 5.32 Å². The van der Waals surface area contributed by atoms with Crippen LogP contribution in [0.25, 0.3) is 0 Å². The molecule has 2 heterocycles. The summed E-state index contributed by atoms with van der Waals surface area (Å²) in [4.78, 5) is 5.97. The van der Waals surface area contributed by atoms with E-state index in [0.29, 0.717) is 0 Å². The van der Waals surface area contributed by atoms with Crippen molar-refractivity contribution in [2.75, 3.05) is 5.75 Å². The Morgan fingerprint density at radius 2 is 2.41 bits per heavy atom. The molecule has 1 fully saturated rings. The summed E-state index contributed by atoms with van der Waals surface area (Å²) in [5.41, 5.74) is 0.236. The van der Waals surface area contributed by atoms with Crippen LogP contribution in [-0.4, -0.2) is 16.5 Å². The van der Waals surface area contributed by atoms with Crippen LogP contribution >= 0.6 is 39.0 Å². The topological polar surface area (TPSA) is 24.4 Å². The second-order valence-corrected chi connectivity index (χ2v) is 7.49. The van der Waals surface area contributed by atoms with Crippen LogP contribution in [0.2, 0.25) is 0 Å². The Bertz CT molecular complexity index is 416. The minimum atomic E-state index is 0.236. The molecule has 1 aromatic rings. The van der Waals surface area contributed by atoms with Crippen LogP contribution in [-0.2, 0) is 6.54 Å². The van der Waals surface area contributed by atoms with Gasteiger partial charge in [-0.2, -0.15) is 0 Å². The highest BCUT2D eigenvalue weighted by Gasteiger charge is 2.27. The number of amidine groups is 1. The molecule has 0 bridgehead atoms. The van der Waals surface area contributed by atoms with Crippen LogP contribution in [0.5, 0.6) is 0 Å². The molecule has 17 heavy (non-hydrogen) atoms. The van der Waals surface area contributed by atoms with Gasteiger partial charge in [0.05, 0.1) is 6.54 Å². The van der Waals surface area contributed by atoms with Crippen molar-refractivity contribution in [3.63, 3.8) is 0 Å². The van der Waals surface area contributed by atoms with Crippen molar-refractivity contribution in [3.8, 4) is 0 Å². The SMILES string of the molecule is CCC1(C)CCSC(=NCc2cc(Br)cs2)N1. The van der Waals surface area contributed by atoms with Gasteiger partial charge in [-0.05, 0) is 41.8 Å². The number of nitrogens with zero attached hydrogens (tertiary/aromatic N) is 1. The molecule has 1 atom stereocenters. The molecule has 5 heteroatoms. The first-order valence-corrected chi connectivity index (χ1v) is 8.45. The molecule has 1 unspecified atom stereocenters. The molecule has 1 aliphatic heterocycles. The van der Waals surface area contributed by atoms with Gasteiger partial charge in [0.2, 0.25) is 0 Å². The van der Waals surface area contributed by atoms with Crippen molar-refractivity contribution in [2.45, 2.75) is 38.8 Å². The zero-order valence-electron chi connectivity index (χ0n) is 10.1. The minimum Gasteiger partial charge on any atom is -0.360 e. The summed E-state index contributed by atoms with van der Waals surface area (Å²) in [5.74, 6) is 1.17. The van der Waals surface area contributed by atoms with E-state index in [1.54, 1.807) is 11.3 Å². The molecule has 2 nitrogen and oxygen atoms in total. The van der Waals surface area contributed by atoms with Gasteiger partial charge in [0.25, 0.3) is 0 Å². The molecule has 0 spiro atoms. The third kappa shape index (κ3) is 3.73. The summed E-state index contributed by atoms with van der Waals surface area (Å²) in [6.07, 6.45) is 2.37. The number of nitrogens with one attached hydrogen (secondary N) is 1. The van der Waals surface area contributed by atoms with Crippen molar-refractivity contribution in [3.05, 3.63) is 20.8 Å². The Balaban J connectivity index is 1.97. The van der Waals surface area contributed by atoms with Gasteiger partial charge in [-0.3, -0.25) is 4.99 Å². The average molecular weight is 333 g/mol. The first-order valence-electron chi connectivity index (χ1n) is 5.80. The van der Waals surface area contributed by atoms with Crippen LogP contribution in [0.3, 0.4) is 0 Å². The minimum absolute atomic E-state index is 0.236. The maximum absolute atomic E-state index is 4.67. The molecule has 2 rings (SSSR count). The fourth-order valence-electron chi connectivity index (χ4n) is 1.67. The number of thioether (sulfide) groups is 1. The summed E-state index contributed by atoms with van der Waals surface area (Å²) in [5, 5.41) is 6.77. The van der Waals surface area contributed by atoms with E-state index in [1.807, 2.05) is 11.8 Å². The predicted molar refractivity (Wildman–Crippen MR) is 82.1 cm³/mol. The smallest absolute Gasteiger partial charge is 0.157 e. The number of thiophene rings is 1. The zero-order chi connectivity index (χ0) is 12.3. The van der Waals surface area contributed by atoms with Crippen LogP contribution in [0.1, 0.15) is 31.6 Å². The second-order valence-electron chi connectivity index (χ2n) is 4.49. The summed E-state index contributed by atoms with van der Waals surface area (Å²) < 4.78 is 1.15. The van der Waals surface area contributed by atoms with Crippen LogP contribution in [0.15, 0.2) is 20.9 Å². The maximum Gasteiger partial charge on any atom is 0.157 e. The first-order chi connectivity index (χ1) is 8.11. The number of hydrogen-bond acceptors (Lipinski definition) is 3. The van der Waals surface area contributed by atoms with Gasteiger partial charge in [0.15, 0.2) is 5.17 Å². The molecule has 1 aliphatic rings. The lowest BCUT2D eigenvalue weighted by atomic mass is 9.96. The van der Waals surface area contributed by atoms with Gasteiger partial charge in [0.1, 0.15) is 0 Å². The number of rotatable bonds is 3. The molecule has 1 saturated heterocycles. The summed E-state index contributed by atoms with van der Waals surface area (Å²) in [7, 11) is 0. The highest BCUT2D eigenvalue weighted by molar-refractivity contribution is 9.10. The maximum atomic E-state index is 4.67. The predicted octanol–water partition coefficient (Wildman–Crippen LogP) is 4.26. The summed E-state index contributed by atoms with van der Waals surface area (Å²) in [6, 6.07) is 2.14. The van der Waals surface area contributed by atoms with E-state index < -0.39 is 0 Å². The normalized spacial score (nSPS) is 27.1. The van der Waals surface area contributed by atoms with Gasteiger partial charge < -0.3 is 5.32 Å². The Hall–Kier alpha value is -0.0000000000000000833. The van der Waals surface area contributed by atoms with Gasteiger partial charge in [-0.15, -0.1) is 11.3 Å². The summed E-state index contributed by atoms with van der Waals surface area (Å²) >= 11 is 7.06. The van der Waals surface area contributed by atoms with Gasteiger partial charge in [-0.25, -0.2) is 0 Å². The monoisotopic (exact) mass is 332 g/mol. The molecular formula is C12H17BrN2S2. The molecule has 1 N–H and O–H groups in total. The Morgan fingerprint density at radius 3 is 3.06 bits per heavy atom. The third-order valence-corrected chi connectivity index (χ3v) is 5.68. The highest BCUT2D eigenvalue weighted by atomic mass is 79.9. The number of hydrogen-bond donors (Lipinski definition) is 1. The van der Waals surface area contributed by atoms with E-state index in [0.717, 1.165) is 22.6 Å². The van der Waals surface area contributed by atoms with E-state index in [-0.39, 0.29) is 5.54 Å². The Labute approximate surface area is 119 Å². The largest absolute Gasteiger partial charge is 0.360 e. The fraction of sp³-hybridized carbons (Fsp3) is 0.583. The third-order valence-electron chi connectivity index (χ3n) is 3.08. The van der Waals surface area contributed by atoms with Crippen LogP contribution in [0, 0.1) is 0 Å². The van der Waals surface area contributed by atoms with Crippen LogP contribution in [0.4, 0.5) is 0 Å². The lowest BCUT2D eigenvalue weighted by Crippen LogP contribution is -2.48. The quantitative estimate of drug-likeness (QED) is 0.894. The first kappa shape index (κ1) is 13.4. The summed E-state index contributed by atoms with van der Waals surface area (Å²) in [6.45, 7) is 5.30. The van der Waals surface area contributed by atoms with E-state index in [9.17, 15) is 0 Å². The molecule has 0 aliphatic carbocycles. The van der Waals surface area contributed by atoms with Gasteiger partial charge in [-0.1, -0.05) is 18.7 Å². The molecule has 0 radical (unpaired) electrons. The molecule has 94 valence electrons. The van der Waals surface area contributed by atoms with Crippen molar-refractivity contribution in [2.24, 2.45) is 4.99 Å². The number of aliphatic imine (C=N–C) groups is 1. The molecule has 0 saturated carbocycles. The van der Waals surface area contributed by atoms with Crippen molar-refractivity contribution >= 4 is 44.2 Å².